The first-order valence-electron chi connectivity index (χ1n) is 45.9. The maximum absolute atomic E-state index is 12.0. The number of unbranched alkanes of at least 4 members (excludes halogenated alkanes) is 2. The van der Waals surface area contributed by atoms with Crippen molar-refractivity contribution in [2.45, 2.75) is 82.4 Å². The molecule has 7 heterocycles. The number of β-amino-alcohol motifs (C(OH)–C–C–N with tert-alkyl or cyclic N) is 1. The predicted molar refractivity (Wildman–Crippen MR) is 522 cm³/mol. The molecule has 0 amide bonds. The lowest BCUT2D eigenvalue weighted by Gasteiger charge is -2.32. The van der Waals surface area contributed by atoms with Crippen LogP contribution >= 0.6 is 22.3 Å². The van der Waals surface area contributed by atoms with Gasteiger partial charge in [0.25, 0.3) is 19.2 Å². The van der Waals surface area contributed by atoms with Crippen LogP contribution in [-0.2, 0) is 49.0 Å². The van der Waals surface area contributed by atoms with Crippen LogP contribution in [0.1, 0.15) is 66.5 Å². The lowest BCUT2D eigenvalue weighted by molar-refractivity contribution is 0.126. The summed E-state index contributed by atoms with van der Waals surface area (Å²) in [5.41, 5.74) is 6.62. The zero-order chi connectivity index (χ0) is 92.5. The molecule has 0 saturated carbocycles. The molecule has 728 valence electrons. The third kappa shape index (κ3) is 45.9. The Morgan fingerprint density at radius 2 is 0.589 bits per heavy atom. The molecular formula is C96H158Cl2N14O15S2. The molecule has 0 unspecified atom stereocenters. The Morgan fingerprint density at radius 3 is 0.860 bits per heavy atom. The number of nitrogens with one attached hydrogen (secondary N) is 1. The van der Waals surface area contributed by atoms with Gasteiger partial charge in [-0.25, -0.2) is 8.42 Å². The third-order valence-corrected chi connectivity index (χ3v) is 26.7. The molecule has 7 fully saturated rings. The number of rotatable bonds is 35. The Labute approximate surface area is 783 Å². The smallest absolute Gasteiger partial charge is 0.297 e. The summed E-state index contributed by atoms with van der Waals surface area (Å²) in [4.78, 5) is 31.4. The van der Waals surface area contributed by atoms with Crippen molar-refractivity contribution in [2.24, 2.45) is 0 Å². The number of ether oxygens (including phenoxy) is 4. The number of aryl methyl sites for hydroxylation is 6. The summed E-state index contributed by atoms with van der Waals surface area (Å²) in [6.07, 6.45) is 7.74. The monoisotopic (exact) mass is 1880 g/mol. The van der Waals surface area contributed by atoms with E-state index in [0.29, 0.717) is 45.5 Å². The summed E-state index contributed by atoms with van der Waals surface area (Å²) in [7, 11) is 13.1. The number of halogens is 2. The molecule has 6 aromatic rings. The minimum Gasteiger partial charge on any atom is -0.504 e. The number of phenols is 4. The number of hydrogen-bond donors (Lipinski definition) is 7. The van der Waals surface area contributed by atoms with E-state index in [1.807, 2.05) is 13.8 Å². The number of nitrogens with zero attached hydrogens (tertiary/aromatic N) is 13. The highest BCUT2D eigenvalue weighted by Gasteiger charge is 2.23. The van der Waals surface area contributed by atoms with Crippen molar-refractivity contribution in [1.29, 1.82) is 0 Å². The molecule has 7 aliphatic rings. The lowest BCUT2D eigenvalue weighted by Crippen LogP contribution is -2.45. The lowest BCUT2D eigenvalue weighted by atomic mass is 10.0. The van der Waals surface area contributed by atoms with Gasteiger partial charge in [0.2, 0.25) is 0 Å². The number of benzene rings is 6. The quantitative estimate of drug-likeness (QED) is 0.00647. The molecule has 33 heteroatoms. The molecule has 13 rings (SSSR count). The van der Waals surface area contributed by atoms with Gasteiger partial charge >= 0.3 is 0 Å². The Kier molecular flexibility index (Phi) is 53.6. The van der Waals surface area contributed by atoms with Crippen LogP contribution in [0, 0.1) is 13.8 Å². The summed E-state index contributed by atoms with van der Waals surface area (Å²) in [5, 5.41) is 56.9. The molecule has 0 radical (unpaired) electrons. The molecule has 6 aromatic carbocycles. The van der Waals surface area contributed by atoms with Gasteiger partial charge in [0, 0.05) is 239 Å². The SMILES string of the molecule is C.CN1CCN(CCO)CC1.CN1CCN(CCOc2ccc(CCCCc3ccc(OCCN4CCN(C)CC4)c(OCCN4CCN(C)CC4)c3)cc2OCCN2CCN(C)CC2)CC1.CN1CCNCC1.Cc1ccc(S(=O)(=O)Cl)cc1.Cc1ccc(S(=O)(=O)OCCN2CCN(C)CC2)cc1.OCCCl.Oc1ccc(CCCCc2ccc(O)c(O)c2)cc1O. The predicted octanol–water partition coefficient (Wildman–Crippen LogP) is 8.30. The topological polar surface area (TPSA) is 290 Å². The Hall–Kier alpha value is -6.48. The number of aliphatic hydroxyl groups is 2. The molecule has 0 aliphatic carbocycles. The van der Waals surface area contributed by atoms with Crippen molar-refractivity contribution >= 4 is 41.5 Å². The molecule has 0 aromatic heterocycles. The van der Waals surface area contributed by atoms with Crippen LogP contribution in [0.3, 0.4) is 0 Å². The van der Waals surface area contributed by atoms with Gasteiger partial charge < -0.3 is 89.2 Å². The number of phenolic OH excluding ortho intramolecular Hbond substituents is 4. The summed E-state index contributed by atoms with van der Waals surface area (Å²) in [6.45, 7) is 43.4. The van der Waals surface area contributed by atoms with Gasteiger partial charge in [-0.1, -0.05) is 67.1 Å². The Balaban J connectivity index is 0.000000283. The van der Waals surface area contributed by atoms with Gasteiger partial charge in [-0.3, -0.25) is 33.6 Å². The fourth-order valence-electron chi connectivity index (χ4n) is 14.9. The Bertz CT molecular complexity index is 4070. The molecule has 7 saturated heterocycles. The molecular weight excluding hydrogens is 1720 g/mol. The minimum atomic E-state index is -3.63. The zero-order valence-electron chi connectivity index (χ0n) is 78.1. The van der Waals surface area contributed by atoms with Crippen molar-refractivity contribution in [1.82, 2.24) is 69.0 Å². The first kappa shape index (κ1) is 111. The first-order chi connectivity index (χ1) is 61.5. The fraction of sp³-hybridized carbons (Fsp3) is 0.625. The van der Waals surface area contributed by atoms with Gasteiger partial charge in [0.1, 0.15) is 26.4 Å². The van der Waals surface area contributed by atoms with Gasteiger partial charge in [0.05, 0.1) is 29.6 Å². The minimum absolute atomic E-state index is 0. The van der Waals surface area contributed by atoms with E-state index in [1.54, 1.807) is 60.7 Å². The second-order valence-corrected chi connectivity index (χ2v) is 39.0. The molecule has 0 bridgehead atoms. The molecule has 7 aliphatic heterocycles. The van der Waals surface area contributed by atoms with E-state index in [4.69, 9.17) is 55.6 Å². The summed E-state index contributed by atoms with van der Waals surface area (Å²) >= 11 is 4.94. The van der Waals surface area contributed by atoms with E-state index in [0.717, 1.165) is 300 Å². The van der Waals surface area contributed by atoms with E-state index in [1.165, 1.54) is 48.5 Å². The van der Waals surface area contributed by atoms with Crippen molar-refractivity contribution in [2.75, 3.05) is 324 Å². The van der Waals surface area contributed by atoms with E-state index in [2.05, 4.69) is 155 Å². The van der Waals surface area contributed by atoms with E-state index in [9.17, 15) is 37.3 Å². The first-order valence-corrected chi connectivity index (χ1v) is 50.2. The van der Waals surface area contributed by atoms with Crippen molar-refractivity contribution in [3.63, 3.8) is 0 Å². The fourth-order valence-corrected chi connectivity index (χ4v) is 16.6. The van der Waals surface area contributed by atoms with E-state index < -0.39 is 19.2 Å². The molecule has 129 heavy (non-hydrogen) atoms. The van der Waals surface area contributed by atoms with Gasteiger partial charge in [-0.15, -0.1) is 11.6 Å². The van der Waals surface area contributed by atoms with Crippen LogP contribution in [0.25, 0.3) is 0 Å². The number of likely N-dealkylation sites (N-methyl/N-ethyl adjacent to an activating group) is 7. The van der Waals surface area contributed by atoms with Crippen LogP contribution in [-0.4, -0.2) is 435 Å². The largest absolute Gasteiger partial charge is 0.504 e. The highest BCUT2D eigenvalue weighted by atomic mass is 35.7. The second-order valence-electron chi connectivity index (χ2n) is 34.4. The second kappa shape index (κ2) is 62.2. The maximum atomic E-state index is 12.0. The van der Waals surface area contributed by atoms with Crippen LogP contribution in [0.5, 0.6) is 46.0 Å². The standard InChI is InChI=1S/C44H74N8O4.C16H18O4.C14H22N2O3S.C7H7ClO2S.C7H16N2O.C5H12N2.C2H5ClO.CH4/c1-45-13-21-49(22-14-45)29-33-53-41-11-9-39(37-43(41)55-35-31-51-25-17-47(3)18-26-51)7-5-6-8-40-10-12-42(54-34-30-50-23-15-46(2)16-24-50)44(38-40)56-36-32-52-27-19-48(4)20-28-52;17-13-7-5-11(9-15(13)19)3-1-2-4-12-6-8-14(18)16(20)10-12;1-13-3-5-14(6-4-13)20(17,18)19-12-11-16-9-7-15(2)8-10-16;1-6-2-4-7(5-3-6)11(8,9)10;1-8-2-4-9(5-3-8)6-7-10;1-7-4-2-6-3-5-7;3-1-2-4;/h9-12,37-38H,5-8,13-36H2,1-4H3;5-10,17-20H,1-4H2;3-6H,7-12H2,1-2H3;2-5H,1H3;10H,2-7H2,1H3;6H,2-5H2,1H3;4H,1-2H2;1H4. The molecule has 7 N–H and O–H groups in total. The highest BCUT2D eigenvalue weighted by Crippen LogP contribution is 2.33. The average molecular weight is 1880 g/mol. The maximum Gasteiger partial charge on any atom is 0.297 e. The molecule has 0 atom stereocenters. The molecule has 29 nitrogen and oxygen atoms in total. The van der Waals surface area contributed by atoms with Crippen molar-refractivity contribution in [3.05, 3.63) is 155 Å². The van der Waals surface area contributed by atoms with Gasteiger partial charge in [-0.05, 0) is 210 Å². The summed E-state index contributed by atoms with van der Waals surface area (Å²) in [5.74, 6) is 3.46. The van der Waals surface area contributed by atoms with E-state index in [-0.39, 0.29) is 53.4 Å². The highest BCUT2D eigenvalue weighted by molar-refractivity contribution is 8.13. The average Bonchev–Trinajstić information content (AvgIpc) is 0.842. The number of aliphatic hydroxyl groups excluding tert-OH is 2. The van der Waals surface area contributed by atoms with Gasteiger partial charge in [0.15, 0.2) is 46.0 Å². The summed E-state index contributed by atoms with van der Waals surface area (Å²) in [6, 6.07) is 36.0. The van der Waals surface area contributed by atoms with Gasteiger partial charge in [-0.2, -0.15) is 8.42 Å². The zero-order valence-corrected chi connectivity index (χ0v) is 81.3. The van der Waals surface area contributed by atoms with Crippen LogP contribution in [0.4, 0.5) is 0 Å². The van der Waals surface area contributed by atoms with Crippen LogP contribution in [0.2, 0.25) is 0 Å². The number of aromatic hydroxyl groups is 4. The number of alkyl halides is 1. The van der Waals surface area contributed by atoms with Crippen LogP contribution in [0.15, 0.2) is 131 Å². The van der Waals surface area contributed by atoms with Crippen molar-refractivity contribution < 1.29 is 70.6 Å². The summed E-state index contributed by atoms with van der Waals surface area (Å²) < 4.78 is 76.2. The Morgan fingerprint density at radius 1 is 0.326 bits per heavy atom. The van der Waals surface area contributed by atoms with E-state index >= 15 is 0 Å². The number of piperazine rings is 7. The normalized spacial score (nSPS) is 17.9. The molecule has 0 spiro atoms. The third-order valence-electron chi connectivity index (χ3n) is 23.8. The number of hydrogen-bond acceptors (Lipinski definition) is 29. The van der Waals surface area contributed by atoms with Crippen molar-refractivity contribution in [3.8, 4) is 46.0 Å². The van der Waals surface area contributed by atoms with Crippen LogP contribution < -0.4 is 24.3 Å².